The molecule has 0 aromatic heterocycles. The molecule has 0 radical (unpaired) electrons. The average molecular weight is 217 g/mol. The summed E-state index contributed by atoms with van der Waals surface area (Å²) in [6, 6.07) is 4.99. The number of nitrogens with zero attached hydrogens (tertiary/aromatic N) is 1. The molecular formula is C7H7NO5S. The monoisotopic (exact) mass is 217 g/mol. The first-order chi connectivity index (χ1) is 6.49. The second-order valence-electron chi connectivity index (χ2n) is 2.35. The molecule has 0 N–H and O–H groups in total. The van der Waals surface area contributed by atoms with E-state index in [1.54, 1.807) is 0 Å². The second-order valence-corrected chi connectivity index (χ2v) is 4.03. The maximum Gasteiger partial charge on any atom is 0.303 e. The zero-order valence-electron chi connectivity index (χ0n) is 7.21. The van der Waals surface area contributed by atoms with Crippen molar-refractivity contribution in [2.45, 2.75) is 4.90 Å². The molecule has 0 fully saturated rings. The van der Waals surface area contributed by atoms with Crippen molar-refractivity contribution >= 4 is 15.8 Å². The van der Waals surface area contributed by atoms with Crippen molar-refractivity contribution in [2.75, 3.05) is 7.11 Å². The van der Waals surface area contributed by atoms with E-state index < -0.39 is 25.6 Å². The highest BCUT2D eigenvalue weighted by Crippen LogP contribution is 2.23. The third-order valence-corrected chi connectivity index (χ3v) is 2.87. The lowest BCUT2D eigenvalue weighted by Crippen LogP contribution is -2.06. The summed E-state index contributed by atoms with van der Waals surface area (Å²) in [4.78, 5) is 9.26. The van der Waals surface area contributed by atoms with Gasteiger partial charge in [-0.05, 0) is 6.07 Å². The third kappa shape index (κ3) is 1.88. The first kappa shape index (κ1) is 10.6. The van der Waals surface area contributed by atoms with Crippen molar-refractivity contribution in [2.24, 2.45) is 0 Å². The summed E-state index contributed by atoms with van der Waals surface area (Å²) in [5, 5.41) is 10.5. The Bertz CT molecular complexity index is 453. The van der Waals surface area contributed by atoms with Gasteiger partial charge in [0, 0.05) is 6.07 Å². The minimum atomic E-state index is -4.02. The van der Waals surface area contributed by atoms with Crippen LogP contribution in [0, 0.1) is 10.1 Å². The van der Waals surface area contributed by atoms with E-state index in [1.165, 1.54) is 12.1 Å². The zero-order chi connectivity index (χ0) is 10.8. The zero-order valence-corrected chi connectivity index (χ0v) is 8.02. The van der Waals surface area contributed by atoms with Crippen LogP contribution >= 0.6 is 0 Å². The molecule has 14 heavy (non-hydrogen) atoms. The van der Waals surface area contributed by atoms with E-state index in [0.717, 1.165) is 19.2 Å². The Kier molecular flexibility index (Phi) is 2.82. The highest BCUT2D eigenvalue weighted by Gasteiger charge is 2.24. The van der Waals surface area contributed by atoms with E-state index in [9.17, 15) is 18.5 Å². The van der Waals surface area contributed by atoms with E-state index in [4.69, 9.17) is 0 Å². The average Bonchev–Trinajstić information content (AvgIpc) is 2.18. The van der Waals surface area contributed by atoms with Crippen LogP contribution in [0.15, 0.2) is 29.2 Å². The summed E-state index contributed by atoms with van der Waals surface area (Å²) >= 11 is 0. The Balaban J connectivity index is 3.42. The van der Waals surface area contributed by atoms with Crippen LogP contribution in [0.4, 0.5) is 5.69 Å². The minimum Gasteiger partial charge on any atom is -0.270 e. The van der Waals surface area contributed by atoms with Crippen LogP contribution in [0.2, 0.25) is 0 Å². The van der Waals surface area contributed by atoms with E-state index in [-0.39, 0.29) is 0 Å². The maximum absolute atomic E-state index is 11.2. The van der Waals surface area contributed by atoms with Gasteiger partial charge in [-0.1, -0.05) is 12.1 Å². The molecule has 7 heteroatoms. The van der Waals surface area contributed by atoms with Gasteiger partial charge in [0.25, 0.3) is 5.69 Å². The Hall–Kier alpha value is -1.47. The van der Waals surface area contributed by atoms with E-state index in [0.29, 0.717) is 0 Å². The lowest BCUT2D eigenvalue weighted by Gasteiger charge is -2.01. The Labute approximate surface area is 80.4 Å². The van der Waals surface area contributed by atoms with Gasteiger partial charge in [-0.3, -0.25) is 14.3 Å². The third-order valence-electron chi connectivity index (χ3n) is 1.55. The molecule has 0 aliphatic heterocycles. The van der Waals surface area contributed by atoms with Crippen LogP contribution in [-0.4, -0.2) is 20.5 Å². The molecule has 6 nitrogen and oxygen atoms in total. The molecule has 1 rings (SSSR count). The highest BCUT2D eigenvalue weighted by molar-refractivity contribution is 7.86. The van der Waals surface area contributed by atoms with Gasteiger partial charge < -0.3 is 0 Å². The van der Waals surface area contributed by atoms with Gasteiger partial charge in [0.2, 0.25) is 0 Å². The SMILES string of the molecule is COS(=O)(=O)c1ccccc1[N+](=O)[O-]. The predicted molar refractivity (Wildman–Crippen MR) is 47.3 cm³/mol. The second kappa shape index (κ2) is 3.72. The van der Waals surface area contributed by atoms with Crippen molar-refractivity contribution in [1.29, 1.82) is 0 Å². The highest BCUT2D eigenvalue weighted by atomic mass is 32.2. The van der Waals surface area contributed by atoms with Crippen molar-refractivity contribution in [1.82, 2.24) is 0 Å². The first-order valence-electron chi connectivity index (χ1n) is 3.53. The van der Waals surface area contributed by atoms with Crippen LogP contribution in [0.5, 0.6) is 0 Å². The van der Waals surface area contributed by atoms with Gasteiger partial charge in [-0.25, -0.2) is 0 Å². The molecule has 0 aliphatic rings. The smallest absolute Gasteiger partial charge is 0.270 e. The van der Waals surface area contributed by atoms with Gasteiger partial charge >= 0.3 is 10.1 Å². The van der Waals surface area contributed by atoms with Crippen LogP contribution < -0.4 is 0 Å². The standard InChI is InChI=1S/C7H7NO5S/c1-13-14(11,12)7-5-3-2-4-6(7)8(9)10/h2-5H,1H3. The number of nitro benzene ring substituents is 1. The molecule has 0 spiro atoms. The molecule has 0 unspecified atom stereocenters. The van der Waals surface area contributed by atoms with Crippen LogP contribution in [-0.2, 0) is 14.3 Å². The Morgan fingerprint density at radius 2 is 1.93 bits per heavy atom. The summed E-state index contributed by atoms with van der Waals surface area (Å²) in [5.74, 6) is 0. The summed E-state index contributed by atoms with van der Waals surface area (Å²) < 4.78 is 26.6. The molecule has 1 aromatic carbocycles. The molecule has 0 heterocycles. The van der Waals surface area contributed by atoms with Gasteiger partial charge in [-0.2, -0.15) is 8.42 Å². The lowest BCUT2D eigenvalue weighted by atomic mass is 10.3. The fourth-order valence-corrected chi connectivity index (χ4v) is 1.73. The van der Waals surface area contributed by atoms with Crippen molar-refractivity contribution in [3.05, 3.63) is 34.4 Å². The van der Waals surface area contributed by atoms with Crippen molar-refractivity contribution in [3.63, 3.8) is 0 Å². The molecular weight excluding hydrogens is 210 g/mol. The number of benzene rings is 1. The maximum atomic E-state index is 11.2. The molecule has 0 atom stereocenters. The fraction of sp³-hybridized carbons (Fsp3) is 0.143. The normalized spacial score (nSPS) is 11.2. The summed E-state index contributed by atoms with van der Waals surface area (Å²) in [6.45, 7) is 0. The van der Waals surface area contributed by atoms with Gasteiger partial charge in [-0.15, -0.1) is 0 Å². The van der Waals surface area contributed by atoms with Crippen LogP contribution in [0.25, 0.3) is 0 Å². The first-order valence-corrected chi connectivity index (χ1v) is 4.94. The molecule has 0 saturated carbocycles. The molecule has 76 valence electrons. The summed E-state index contributed by atoms with van der Waals surface area (Å²) in [5.41, 5.74) is -0.491. The molecule has 1 aromatic rings. The number of para-hydroxylation sites is 1. The predicted octanol–water partition coefficient (Wildman–Crippen LogP) is 0.930. The van der Waals surface area contributed by atoms with Gasteiger partial charge in [0.15, 0.2) is 4.90 Å². The molecule has 0 saturated heterocycles. The van der Waals surface area contributed by atoms with Crippen LogP contribution in [0.1, 0.15) is 0 Å². The fourth-order valence-electron chi connectivity index (χ4n) is 0.909. The largest absolute Gasteiger partial charge is 0.303 e. The number of hydrogen-bond acceptors (Lipinski definition) is 5. The quantitative estimate of drug-likeness (QED) is 0.427. The Morgan fingerprint density at radius 3 is 2.43 bits per heavy atom. The summed E-state index contributed by atoms with van der Waals surface area (Å²) in [6.07, 6.45) is 0. The molecule has 0 bridgehead atoms. The van der Waals surface area contributed by atoms with Crippen LogP contribution in [0.3, 0.4) is 0 Å². The molecule has 0 amide bonds. The minimum absolute atomic E-state index is 0.437. The summed E-state index contributed by atoms with van der Waals surface area (Å²) in [7, 11) is -3.07. The number of rotatable bonds is 3. The van der Waals surface area contributed by atoms with Gasteiger partial charge in [0.05, 0.1) is 12.0 Å². The van der Waals surface area contributed by atoms with Crippen molar-refractivity contribution in [3.8, 4) is 0 Å². The van der Waals surface area contributed by atoms with Gasteiger partial charge in [0.1, 0.15) is 0 Å². The van der Waals surface area contributed by atoms with Crippen molar-refractivity contribution < 1.29 is 17.5 Å². The topological polar surface area (TPSA) is 86.5 Å². The number of nitro groups is 1. The van der Waals surface area contributed by atoms with E-state index in [2.05, 4.69) is 4.18 Å². The van der Waals surface area contributed by atoms with E-state index >= 15 is 0 Å². The number of hydrogen-bond donors (Lipinski definition) is 0. The Morgan fingerprint density at radius 1 is 1.36 bits per heavy atom. The molecule has 0 aliphatic carbocycles. The van der Waals surface area contributed by atoms with E-state index in [1.807, 2.05) is 0 Å². The lowest BCUT2D eigenvalue weighted by molar-refractivity contribution is -0.387.